The first-order chi connectivity index (χ1) is 8.27. The van der Waals surface area contributed by atoms with Gasteiger partial charge in [0.15, 0.2) is 0 Å². The van der Waals surface area contributed by atoms with Crippen LogP contribution in [0.25, 0.3) is 0 Å². The van der Waals surface area contributed by atoms with Gasteiger partial charge < -0.3 is 9.90 Å². The molecule has 5 heteroatoms. The zero-order valence-corrected chi connectivity index (χ0v) is 13.4. The van der Waals surface area contributed by atoms with Crippen molar-refractivity contribution in [2.45, 2.75) is 68.2 Å². The molecule has 2 nitrogen and oxygen atoms in total. The summed E-state index contributed by atoms with van der Waals surface area (Å²) in [6.07, 6.45) is 7.95. The van der Waals surface area contributed by atoms with E-state index < -0.39 is 15.3 Å². The lowest BCUT2D eigenvalue weighted by Crippen LogP contribution is -2.47. The summed E-state index contributed by atoms with van der Waals surface area (Å²) in [5.74, 6) is -0.642. The molecule has 0 aromatic carbocycles. The number of carbonyl (C=O) groups is 1. The van der Waals surface area contributed by atoms with Gasteiger partial charge in [-0.05, 0) is 13.3 Å². The maximum atomic E-state index is 11.0. The Morgan fingerprint density at radius 2 is 1.61 bits per heavy atom. The van der Waals surface area contributed by atoms with Gasteiger partial charge in [0, 0.05) is 5.92 Å². The summed E-state index contributed by atoms with van der Waals surface area (Å²) in [4.78, 5) is 11.0. The predicted molar refractivity (Wildman–Crippen MR) is 78.5 cm³/mol. The molecule has 0 saturated carbocycles. The minimum Gasteiger partial charge on any atom is -0.385 e. The summed E-state index contributed by atoms with van der Waals surface area (Å²) in [6.45, 7) is 3.57. The number of hydrogen-bond donors (Lipinski definition) is 1. The second-order valence-corrected chi connectivity index (χ2v) is 7.23. The van der Waals surface area contributed by atoms with Crippen LogP contribution in [0.2, 0.25) is 0 Å². The monoisotopic (exact) mass is 316 g/mol. The highest BCUT2D eigenvalue weighted by Crippen LogP contribution is 2.43. The zero-order valence-electron chi connectivity index (χ0n) is 11.1. The minimum absolute atomic E-state index is 0.552. The molecular weight excluding hydrogens is 294 g/mol. The molecule has 2 atom stereocenters. The zero-order chi connectivity index (χ0) is 14.2. The van der Waals surface area contributed by atoms with Crippen LogP contribution in [-0.4, -0.2) is 20.8 Å². The number of aliphatic hydroxyl groups is 1. The molecule has 0 aliphatic heterocycles. The van der Waals surface area contributed by atoms with E-state index in [9.17, 15) is 9.90 Å². The Bertz CT molecular complexity index is 237. The van der Waals surface area contributed by atoms with Crippen LogP contribution in [0.1, 0.15) is 58.8 Å². The van der Waals surface area contributed by atoms with Gasteiger partial charge in [0.25, 0.3) is 0 Å². The minimum atomic E-state index is -1.85. The number of alkyl halides is 3. The standard InChI is InChI=1S/C13H23Cl3O2/c1-3-4-5-6-7-8-9-11(10-17)12(2,18)13(14,15)16/h10-11,18H,3-9H2,1-2H3. The van der Waals surface area contributed by atoms with Crippen molar-refractivity contribution in [2.75, 3.05) is 0 Å². The van der Waals surface area contributed by atoms with Gasteiger partial charge in [0.05, 0.1) is 0 Å². The lowest BCUT2D eigenvalue weighted by atomic mass is 9.87. The smallest absolute Gasteiger partial charge is 0.219 e. The number of aldehydes is 1. The van der Waals surface area contributed by atoms with Crippen molar-refractivity contribution in [3.05, 3.63) is 0 Å². The number of halogens is 3. The molecule has 0 saturated heterocycles. The van der Waals surface area contributed by atoms with Crippen LogP contribution in [-0.2, 0) is 4.79 Å². The maximum Gasteiger partial charge on any atom is 0.219 e. The van der Waals surface area contributed by atoms with E-state index in [-0.39, 0.29) is 0 Å². The summed E-state index contributed by atoms with van der Waals surface area (Å²) >= 11 is 17.1. The molecule has 0 spiro atoms. The summed E-state index contributed by atoms with van der Waals surface area (Å²) in [6, 6.07) is 0. The average Bonchev–Trinajstić information content (AvgIpc) is 2.26. The fraction of sp³-hybridized carbons (Fsp3) is 0.923. The molecule has 1 N–H and O–H groups in total. The van der Waals surface area contributed by atoms with Crippen LogP contribution >= 0.6 is 34.8 Å². The van der Waals surface area contributed by atoms with E-state index in [0.717, 1.165) is 19.3 Å². The van der Waals surface area contributed by atoms with Gasteiger partial charge in [-0.1, -0.05) is 80.3 Å². The number of unbranched alkanes of at least 4 members (excludes halogenated alkanes) is 5. The normalized spacial score (nSPS) is 17.2. The highest BCUT2D eigenvalue weighted by Gasteiger charge is 2.48. The van der Waals surface area contributed by atoms with Crippen LogP contribution in [0.5, 0.6) is 0 Å². The van der Waals surface area contributed by atoms with Crippen molar-refractivity contribution < 1.29 is 9.90 Å². The summed E-state index contributed by atoms with van der Waals surface area (Å²) in [5, 5.41) is 10.1. The molecule has 0 fully saturated rings. The molecular formula is C13H23Cl3O2. The number of rotatable bonds is 9. The third kappa shape index (κ3) is 6.10. The van der Waals surface area contributed by atoms with Crippen LogP contribution in [0.4, 0.5) is 0 Å². The third-order valence-electron chi connectivity index (χ3n) is 3.33. The number of carbonyl (C=O) groups excluding carboxylic acids is 1. The highest BCUT2D eigenvalue weighted by molar-refractivity contribution is 6.68. The van der Waals surface area contributed by atoms with Crippen molar-refractivity contribution in [1.29, 1.82) is 0 Å². The molecule has 0 aliphatic rings. The molecule has 0 radical (unpaired) electrons. The van der Waals surface area contributed by atoms with Gasteiger partial charge in [0.1, 0.15) is 11.9 Å². The second-order valence-electron chi connectivity index (χ2n) is 4.94. The molecule has 108 valence electrons. The van der Waals surface area contributed by atoms with Crippen LogP contribution in [0.3, 0.4) is 0 Å². The predicted octanol–water partition coefficient (Wildman–Crippen LogP) is 4.67. The maximum absolute atomic E-state index is 11.0. The third-order valence-corrected chi connectivity index (χ3v) is 4.48. The van der Waals surface area contributed by atoms with Gasteiger partial charge in [-0.25, -0.2) is 0 Å². The quantitative estimate of drug-likeness (QED) is 0.381. The Morgan fingerprint density at radius 3 is 2.06 bits per heavy atom. The van der Waals surface area contributed by atoms with E-state index in [2.05, 4.69) is 6.92 Å². The molecule has 0 heterocycles. The SMILES string of the molecule is CCCCCCCCC(C=O)C(C)(O)C(Cl)(Cl)Cl. The first-order valence-electron chi connectivity index (χ1n) is 6.51. The lowest BCUT2D eigenvalue weighted by molar-refractivity contribution is -0.119. The fourth-order valence-electron chi connectivity index (χ4n) is 1.84. The van der Waals surface area contributed by atoms with Gasteiger partial charge in [-0.3, -0.25) is 0 Å². The fourth-order valence-corrected chi connectivity index (χ4v) is 2.26. The Hall–Kier alpha value is 0.500. The number of hydrogen-bond acceptors (Lipinski definition) is 2. The van der Waals surface area contributed by atoms with E-state index in [1.165, 1.54) is 26.2 Å². The van der Waals surface area contributed by atoms with Crippen molar-refractivity contribution in [2.24, 2.45) is 5.92 Å². The van der Waals surface area contributed by atoms with E-state index in [1.807, 2.05) is 0 Å². The molecule has 0 aliphatic carbocycles. The van der Waals surface area contributed by atoms with Gasteiger partial charge in [-0.2, -0.15) is 0 Å². The van der Waals surface area contributed by atoms with Crippen LogP contribution in [0.15, 0.2) is 0 Å². The lowest BCUT2D eigenvalue weighted by Gasteiger charge is -2.35. The van der Waals surface area contributed by atoms with Gasteiger partial charge >= 0.3 is 0 Å². The molecule has 0 rings (SSSR count). The molecule has 0 aromatic rings. The van der Waals surface area contributed by atoms with E-state index >= 15 is 0 Å². The Kier molecular flexibility index (Phi) is 8.87. The van der Waals surface area contributed by atoms with Crippen LogP contribution in [0, 0.1) is 5.92 Å². The van der Waals surface area contributed by atoms with Crippen molar-refractivity contribution in [3.8, 4) is 0 Å². The largest absolute Gasteiger partial charge is 0.385 e. The highest BCUT2D eigenvalue weighted by atomic mass is 35.6. The molecule has 0 aromatic heterocycles. The first kappa shape index (κ1) is 18.5. The summed E-state index contributed by atoms with van der Waals surface area (Å²) in [7, 11) is 0. The Morgan fingerprint density at radius 1 is 1.11 bits per heavy atom. The van der Waals surface area contributed by atoms with E-state index in [1.54, 1.807) is 0 Å². The summed E-state index contributed by atoms with van der Waals surface area (Å²) < 4.78 is -1.85. The average molecular weight is 318 g/mol. The second kappa shape index (κ2) is 8.63. The van der Waals surface area contributed by atoms with Crippen molar-refractivity contribution in [1.82, 2.24) is 0 Å². The molecule has 0 bridgehead atoms. The van der Waals surface area contributed by atoms with Crippen molar-refractivity contribution >= 4 is 41.1 Å². The van der Waals surface area contributed by atoms with Gasteiger partial charge in [0.2, 0.25) is 3.79 Å². The Labute approximate surface area is 125 Å². The summed E-state index contributed by atoms with van der Waals surface area (Å²) in [5.41, 5.74) is -1.62. The van der Waals surface area contributed by atoms with E-state index in [4.69, 9.17) is 34.8 Å². The molecule has 2 unspecified atom stereocenters. The topological polar surface area (TPSA) is 37.3 Å². The van der Waals surface area contributed by atoms with Crippen LogP contribution < -0.4 is 0 Å². The first-order valence-corrected chi connectivity index (χ1v) is 7.65. The van der Waals surface area contributed by atoms with E-state index in [0.29, 0.717) is 12.7 Å². The van der Waals surface area contributed by atoms with Gasteiger partial charge in [-0.15, -0.1) is 0 Å². The Balaban J connectivity index is 4.09. The van der Waals surface area contributed by atoms with Crippen molar-refractivity contribution in [3.63, 3.8) is 0 Å². The molecule has 18 heavy (non-hydrogen) atoms. The molecule has 0 amide bonds.